The molecule has 0 saturated carbocycles. The maximum absolute atomic E-state index is 13.4. The van der Waals surface area contributed by atoms with E-state index in [-0.39, 0.29) is 11.7 Å². The van der Waals surface area contributed by atoms with Crippen molar-refractivity contribution in [1.82, 2.24) is 29.5 Å². The molecule has 0 aliphatic rings. The van der Waals surface area contributed by atoms with E-state index in [0.717, 1.165) is 40.9 Å². The molecule has 150 valence electrons. The third-order valence-electron chi connectivity index (χ3n) is 5.01. The van der Waals surface area contributed by atoms with Crippen LogP contribution in [0.5, 0.6) is 0 Å². The fraction of sp³-hybridized carbons (Fsp3) is 0.333. The molecule has 1 atom stereocenters. The molecule has 8 heteroatoms. The molecule has 0 amide bonds. The first kappa shape index (κ1) is 19.0. The standard InChI is InChI=1S/C21H23FN6O/c1-14(21-15(2)26-29-16(21)3)12-20-24-19(8-10-27-11-9-23-13-27)25-28(20)18-6-4-17(22)5-7-18/h4-7,9,11,13-14H,8,10,12H2,1-3H3. The summed E-state index contributed by atoms with van der Waals surface area (Å²) >= 11 is 0. The average molecular weight is 394 g/mol. The van der Waals surface area contributed by atoms with Crippen molar-refractivity contribution in [3.8, 4) is 5.69 Å². The van der Waals surface area contributed by atoms with E-state index >= 15 is 0 Å². The van der Waals surface area contributed by atoms with Crippen LogP contribution in [-0.2, 0) is 19.4 Å². The summed E-state index contributed by atoms with van der Waals surface area (Å²) in [5.41, 5.74) is 2.77. The van der Waals surface area contributed by atoms with Gasteiger partial charge in [0.1, 0.15) is 17.4 Å². The molecule has 3 heterocycles. The van der Waals surface area contributed by atoms with Crippen molar-refractivity contribution in [3.63, 3.8) is 0 Å². The van der Waals surface area contributed by atoms with Gasteiger partial charge in [-0.3, -0.25) is 0 Å². The zero-order valence-corrected chi connectivity index (χ0v) is 16.7. The van der Waals surface area contributed by atoms with E-state index in [2.05, 4.69) is 17.1 Å². The molecule has 1 unspecified atom stereocenters. The summed E-state index contributed by atoms with van der Waals surface area (Å²) in [5, 5.41) is 8.76. The highest BCUT2D eigenvalue weighted by atomic mass is 19.1. The lowest BCUT2D eigenvalue weighted by Gasteiger charge is -2.12. The van der Waals surface area contributed by atoms with Gasteiger partial charge in [-0.05, 0) is 44.0 Å². The Labute approximate surface area is 168 Å². The number of hydrogen-bond donors (Lipinski definition) is 0. The van der Waals surface area contributed by atoms with Crippen LogP contribution in [0, 0.1) is 19.7 Å². The van der Waals surface area contributed by atoms with Gasteiger partial charge in [-0.25, -0.2) is 19.0 Å². The van der Waals surface area contributed by atoms with Gasteiger partial charge in [-0.2, -0.15) is 5.10 Å². The number of imidazole rings is 1. The molecule has 0 aliphatic carbocycles. The lowest BCUT2D eigenvalue weighted by molar-refractivity contribution is 0.391. The van der Waals surface area contributed by atoms with Crippen molar-refractivity contribution in [1.29, 1.82) is 0 Å². The SMILES string of the molecule is Cc1noc(C)c1C(C)Cc1nc(CCn2ccnc2)nn1-c1ccc(F)cc1. The number of aromatic nitrogens is 6. The molecule has 0 saturated heterocycles. The van der Waals surface area contributed by atoms with Crippen LogP contribution in [0.25, 0.3) is 5.69 Å². The Hall–Kier alpha value is -3.29. The summed E-state index contributed by atoms with van der Waals surface area (Å²) in [5.74, 6) is 2.27. The van der Waals surface area contributed by atoms with Crippen molar-refractivity contribution < 1.29 is 8.91 Å². The van der Waals surface area contributed by atoms with Crippen molar-refractivity contribution in [2.24, 2.45) is 0 Å². The van der Waals surface area contributed by atoms with Crippen LogP contribution in [0.15, 0.2) is 47.5 Å². The van der Waals surface area contributed by atoms with Gasteiger partial charge in [0.25, 0.3) is 0 Å². The Bertz CT molecular complexity index is 1060. The number of rotatable bonds is 7. The van der Waals surface area contributed by atoms with E-state index in [1.807, 2.05) is 24.6 Å². The molecule has 29 heavy (non-hydrogen) atoms. The first-order chi connectivity index (χ1) is 14.0. The summed E-state index contributed by atoms with van der Waals surface area (Å²) in [7, 11) is 0. The summed E-state index contributed by atoms with van der Waals surface area (Å²) < 4.78 is 22.5. The second-order valence-corrected chi connectivity index (χ2v) is 7.23. The molecule has 0 radical (unpaired) electrons. The number of halogens is 1. The van der Waals surface area contributed by atoms with Crippen molar-refractivity contribution in [3.05, 3.63) is 77.5 Å². The molecule has 3 aromatic heterocycles. The summed E-state index contributed by atoms with van der Waals surface area (Å²) in [4.78, 5) is 8.85. The normalized spacial score (nSPS) is 12.4. The number of nitrogens with zero attached hydrogens (tertiary/aromatic N) is 6. The summed E-state index contributed by atoms with van der Waals surface area (Å²) in [6.45, 7) is 6.74. The second-order valence-electron chi connectivity index (χ2n) is 7.23. The van der Waals surface area contributed by atoms with Crippen molar-refractivity contribution >= 4 is 0 Å². The van der Waals surface area contributed by atoms with Gasteiger partial charge in [0.15, 0.2) is 5.82 Å². The molecule has 7 nitrogen and oxygen atoms in total. The minimum atomic E-state index is -0.278. The zero-order chi connectivity index (χ0) is 20.4. The second kappa shape index (κ2) is 7.98. The highest BCUT2D eigenvalue weighted by Gasteiger charge is 2.21. The van der Waals surface area contributed by atoms with Crippen LogP contribution in [-0.4, -0.2) is 29.5 Å². The number of hydrogen-bond acceptors (Lipinski definition) is 5. The predicted molar refractivity (Wildman–Crippen MR) is 105 cm³/mol. The molecule has 0 spiro atoms. The number of aryl methyl sites for hydroxylation is 4. The minimum absolute atomic E-state index is 0.158. The van der Waals surface area contributed by atoms with Crippen LogP contribution in [0.2, 0.25) is 0 Å². The van der Waals surface area contributed by atoms with Crippen LogP contribution < -0.4 is 0 Å². The molecule has 4 rings (SSSR count). The number of benzene rings is 1. The maximum atomic E-state index is 13.4. The Morgan fingerprint density at radius 2 is 1.97 bits per heavy atom. The van der Waals surface area contributed by atoms with E-state index in [1.165, 1.54) is 12.1 Å². The first-order valence-electron chi connectivity index (χ1n) is 9.60. The smallest absolute Gasteiger partial charge is 0.153 e. The van der Waals surface area contributed by atoms with Gasteiger partial charge in [0.05, 0.1) is 17.7 Å². The van der Waals surface area contributed by atoms with Gasteiger partial charge in [-0.1, -0.05) is 12.1 Å². The minimum Gasteiger partial charge on any atom is -0.361 e. The first-order valence-corrected chi connectivity index (χ1v) is 9.60. The van der Waals surface area contributed by atoms with Gasteiger partial charge < -0.3 is 9.09 Å². The highest BCUT2D eigenvalue weighted by molar-refractivity contribution is 5.33. The fourth-order valence-electron chi connectivity index (χ4n) is 3.64. The Morgan fingerprint density at radius 1 is 1.17 bits per heavy atom. The van der Waals surface area contributed by atoms with Crippen molar-refractivity contribution in [2.75, 3.05) is 0 Å². The van der Waals surface area contributed by atoms with Gasteiger partial charge in [-0.15, -0.1) is 0 Å². The monoisotopic (exact) mass is 394 g/mol. The molecular formula is C21H23FN6O. The molecule has 1 aromatic carbocycles. The summed E-state index contributed by atoms with van der Waals surface area (Å²) in [6, 6.07) is 6.30. The Kier molecular flexibility index (Phi) is 5.24. The van der Waals surface area contributed by atoms with Crippen LogP contribution in [0.4, 0.5) is 4.39 Å². The molecule has 0 aliphatic heterocycles. The Morgan fingerprint density at radius 3 is 2.62 bits per heavy atom. The van der Waals surface area contributed by atoms with E-state index < -0.39 is 0 Å². The topological polar surface area (TPSA) is 74.6 Å². The van der Waals surface area contributed by atoms with Gasteiger partial charge in [0.2, 0.25) is 0 Å². The predicted octanol–water partition coefficient (Wildman–Crippen LogP) is 3.80. The highest BCUT2D eigenvalue weighted by Crippen LogP contribution is 2.27. The molecule has 0 bridgehead atoms. The van der Waals surface area contributed by atoms with Gasteiger partial charge in [0, 0.05) is 37.3 Å². The zero-order valence-electron chi connectivity index (χ0n) is 16.7. The average Bonchev–Trinajstić information content (AvgIpc) is 3.42. The lowest BCUT2D eigenvalue weighted by atomic mass is 9.96. The van der Waals surface area contributed by atoms with Crippen LogP contribution >= 0.6 is 0 Å². The largest absolute Gasteiger partial charge is 0.361 e. The van der Waals surface area contributed by atoms with Crippen molar-refractivity contribution in [2.45, 2.75) is 46.1 Å². The Balaban J connectivity index is 1.63. The lowest BCUT2D eigenvalue weighted by Crippen LogP contribution is -2.08. The maximum Gasteiger partial charge on any atom is 0.153 e. The molecule has 0 N–H and O–H groups in total. The summed E-state index contributed by atoms with van der Waals surface area (Å²) in [6.07, 6.45) is 6.78. The van der Waals surface area contributed by atoms with Crippen LogP contribution in [0.3, 0.4) is 0 Å². The molecule has 4 aromatic rings. The van der Waals surface area contributed by atoms with Crippen LogP contribution in [0.1, 0.15) is 41.5 Å². The van der Waals surface area contributed by atoms with E-state index in [4.69, 9.17) is 14.6 Å². The molecular weight excluding hydrogens is 371 g/mol. The van der Waals surface area contributed by atoms with Gasteiger partial charge >= 0.3 is 0 Å². The molecule has 0 fully saturated rings. The third-order valence-corrected chi connectivity index (χ3v) is 5.01. The van der Waals surface area contributed by atoms with E-state index in [1.54, 1.807) is 29.3 Å². The fourth-order valence-corrected chi connectivity index (χ4v) is 3.64. The third kappa shape index (κ3) is 4.11. The van der Waals surface area contributed by atoms with E-state index in [0.29, 0.717) is 12.8 Å². The van der Waals surface area contributed by atoms with E-state index in [9.17, 15) is 4.39 Å². The quantitative estimate of drug-likeness (QED) is 0.477.